The Morgan fingerprint density at radius 3 is 2.47 bits per heavy atom. The number of rotatable bonds is 7. The molecule has 2 N–H and O–H groups in total. The van der Waals surface area contributed by atoms with Crippen molar-refractivity contribution in [3.8, 4) is 17.0 Å². The number of likely N-dealkylation sites (tertiary alicyclic amines) is 1. The molecule has 4 aromatic heterocycles. The summed E-state index contributed by atoms with van der Waals surface area (Å²) in [6.45, 7) is 11.6. The van der Waals surface area contributed by atoms with E-state index in [-0.39, 0.29) is 0 Å². The average molecular weight is 536 g/mol. The van der Waals surface area contributed by atoms with E-state index in [1.165, 1.54) is 67.0 Å². The standard InChI is InChI=1S/C29H41N7OS/c1-17(2)24-25(20-14-23(37-5)27-30-16-31-36(27)15-20)33-29-26(24)34-28(38-29)19-6-8-21(9-7-19)32-22-10-12-35(13-11-22)18(3)4/h14-19,21-22,32-33H,6-13H2,1-5H3. The van der Waals surface area contributed by atoms with Crippen LogP contribution in [0.15, 0.2) is 18.6 Å². The van der Waals surface area contributed by atoms with E-state index in [2.05, 4.69) is 53.0 Å². The summed E-state index contributed by atoms with van der Waals surface area (Å²) in [5.41, 5.74) is 5.27. The van der Waals surface area contributed by atoms with Gasteiger partial charge in [-0.15, -0.1) is 11.3 Å². The first-order valence-corrected chi connectivity index (χ1v) is 15.1. The van der Waals surface area contributed by atoms with Crippen LogP contribution in [0.4, 0.5) is 0 Å². The van der Waals surface area contributed by atoms with Crippen LogP contribution in [-0.2, 0) is 0 Å². The number of piperidine rings is 1. The second kappa shape index (κ2) is 10.6. The number of hydrogen-bond donors (Lipinski definition) is 2. The Kier molecular flexibility index (Phi) is 7.18. The first kappa shape index (κ1) is 25.8. The van der Waals surface area contributed by atoms with Crippen molar-refractivity contribution in [2.24, 2.45) is 0 Å². The molecule has 204 valence electrons. The highest BCUT2D eigenvalue weighted by Crippen LogP contribution is 2.42. The first-order valence-electron chi connectivity index (χ1n) is 14.3. The molecule has 0 aromatic carbocycles. The van der Waals surface area contributed by atoms with Crippen LogP contribution in [0.2, 0.25) is 0 Å². The number of nitrogens with one attached hydrogen (secondary N) is 2. The molecule has 38 heavy (non-hydrogen) atoms. The summed E-state index contributed by atoms with van der Waals surface area (Å²) in [4.78, 5) is 17.1. The van der Waals surface area contributed by atoms with E-state index in [1.54, 1.807) is 18.0 Å². The van der Waals surface area contributed by atoms with E-state index in [4.69, 9.17) is 9.72 Å². The van der Waals surface area contributed by atoms with Crippen LogP contribution in [0.3, 0.4) is 0 Å². The van der Waals surface area contributed by atoms with Crippen molar-refractivity contribution in [1.29, 1.82) is 0 Å². The van der Waals surface area contributed by atoms with Crippen LogP contribution in [0.5, 0.6) is 5.75 Å². The second-order valence-electron chi connectivity index (χ2n) is 11.7. The SMILES string of the molecule is COc1cc(-c2[nH]c3sc(C4CCC(NC5CCN(C(C)C)CC5)CC4)nc3c2C(C)C)cn2ncnc12. The van der Waals surface area contributed by atoms with Crippen molar-refractivity contribution in [3.05, 3.63) is 29.2 Å². The minimum Gasteiger partial charge on any atom is -0.493 e. The van der Waals surface area contributed by atoms with Gasteiger partial charge in [0.25, 0.3) is 0 Å². The largest absolute Gasteiger partial charge is 0.493 e. The quantitative estimate of drug-likeness (QED) is 0.304. The van der Waals surface area contributed by atoms with Gasteiger partial charge in [0.05, 0.1) is 17.8 Å². The molecule has 1 saturated heterocycles. The molecular formula is C29H41N7OS. The van der Waals surface area contributed by atoms with Gasteiger partial charge in [0.1, 0.15) is 16.7 Å². The van der Waals surface area contributed by atoms with Crippen LogP contribution in [-0.4, -0.2) is 67.8 Å². The lowest BCUT2D eigenvalue weighted by molar-refractivity contribution is 0.151. The molecule has 0 bridgehead atoms. The maximum atomic E-state index is 5.62. The summed E-state index contributed by atoms with van der Waals surface area (Å²) in [6, 6.07) is 4.06. The van der Waals surface area contributed by atoms with Crippen LogP contribution >= 0.6 is 11.3 Å². The van der Waals surface area contributed by atoms with Crippen molar-refractivity contribution in [1.82, 2.24) is 34.8 Å². The summed E-state index contributed by atoms with van der Waals surface area (Å²) in [5, 5.41) is 9.66. The maximum Gasteiger partial charge on any atom is 0.197 e. The molecule has 9 heteroatoms. The van der Waals surface area contributed by atoms with Crippen molar-refractivity contribution in [2.75, 3.05) is 20.2 Å². The lowest BCUT2D eigenvalue weighted by Gasteiger charge is -2.38. The van der Waals surface area contributed by atoms with Gasteiger partial charge < -0.3 is 19.9 Å². The van der Waals surface area contributed by atoms with E-state index < -0.39 is 0 Å². The van der Waals surface area contributed by atoms with Gasteiger partial charge >= 0.3 is 0 Å². The topological polar surface area (TPSA) is 83.4 Å². The Labute approximate surface area is 229 Å². The van der Waals surface area contributed by atoms with E-state index in [1.807, 2.05) is 23.6 Å². The number of thiazole rings is 1. The van der Waals surface area contributed by atoms with E-state index in [0.717, 1.165) is 28.2 Å². The Morgan fingerprint density at radius 2 is 1.79 bits per heavy atom. The van der Waals surface area contributed by atoms with Gasteiger partial charge in [0.15, 0.2) is 11.4 Å². The zero-order valence-electron chi connectivity index (χ0n) is 23.3. The summed E-state index contributed by atoms with van der Waals surface area (Å²) >= 11 is 1.85. The van der Waals surface area contributed by atoms with Gasteiger partial charge in [-0.25, -0.2) is 14.5 Å². The van der Waals surface area contributed by atoms with Crippen molar-refractivity contribution >= 4 is 27.3 Å². The van der Waals surface area contributed by atoms with Crippen LogP contribution in [0.1, 0.15) is 88.6 Å². The fourth-order valence-corrected chi connectivity index (χ4v) is 7.63. The van der Waals surface area contributed by atoms with Crippen LogP contribution in [0.25, 0.3) is 27.3 Å². The Balaban J connectivity index is 1.17. The molecule has 1 aliphatic carbocycles. The van der Waals surface area contributed by atoms with Crippen molar-refractivity contribution in [2.45, 2.75) is 96.2 Å². The third-order valence-corrected chi connectivity index (χ3v) is 9.78. The van der Waals surface area contributed by atoms with E-state index in [0.29, 0.717) is 30.0 Å². The monoisotopic (exact) mass is 535 g/mol. The van der Waals surface area contributed by atoms with Crippen molar-refractivity contribution in [3.63, 3.8) is 0 Å². The molecule has 5 heterocycles. The van der Waals surface area contributed by atoms with Gasteiger partial charge in [-0.3, -0.25) is 0 Å². The zero-order chi connectivity index (χ0) is 26.4. The Bertz CT molecular complexity index is 1390. The summed E-state index contributed by atoms with van der Waals surface area (Å²) in [5.74, 6) is 1.63. The molecule has 4 aromatic rings. The number of hydrogen-bond acceptors (Lipinski definition) is 7. The molecule has 0 unspecified atom stereocenters. The molecule has 0 spiro atoms. The number of H-pyrrole nitrogens is 1. The van der Waals surface area contributed by atoms with Crippen molar-refractivity contribution < 1.29 is 4.74 Å². The van der Waals surface area contributed by atoms with Gasteiger partial charge in [0, 0.05) is 41.4 Å². The maximum absolute atomic E-state index is 5.62. The first-order chi connectivity index (χ1) is 18.4. The second-order valence-corrected chi connectivity index (χ2v) is 12.8. The summed E-state index contributed by atoms with van der Waals surface area (Å²) in [6.07, 6.45) is 11.1. The number of aromatic nitrogens is 5. The Morgan fingerprint density at radius 1 is 1.05 bits per heavy atom. The molecular weight excluding hydrogens is 494 g/mol. The Hall–Kier alpha value is -2.49. The third-order valence-electron chi connectivity index (χ3n) is 8.64. The lowest BCUT2D eigenvalue weighted by atomic mass is 9.85. The number of aromatic amines is 1. The predicted octanol–water partition coefficient (Wildman–Crippen LogP) is 5.95. The molecule has 2 aliphatic rings. The molecule has 2 fully saturated rings. The van der Waals surface area contributed by atoms with Gasteiger partial charge in [-0.05, 0) is 77.4 Å². The fraction of sp³-hybridized carbons (Fsp3) is 0.621. The molecule has 0 amide bonds. The average Bonchev–Trinajstić information content (AvgIpc) is 3.63. The minimum absolute atomic E-state index is 0.341. The molecule has 6 rings (SSSR count). The van der Waals surface area contributed by atoms with Gasteiger partial charge in [-0.1, -0.05) is 13.8 Å². The molecule has 0 radical (unpaired) electrons. The number of methoxy groups -OCH3 is 1. The summed E-state index contributed by atoms with van der Waals surface area (Å²) in [7, 11) is 1.68. The number of pyridine rings is 1. The highest BCUT2D eigenvalue weighted by molar-refractivity contribution is 7.18. The smallest absolute Gasteiger partial charge is 0.197 e. The highest BCUT2D eigenvalue weighted by atomic mass is 32.1. The molecule has 8 nitrogen and oxygen atoms in total. The minimum atomic E-state index is 0.341. The van der Waals surface area contributed by atoms with Gasteiger partial charge in [0.2, 0.25) is 0 Å². The zero-order valence-corrected chi connectivity index (χ0v) is 24.1. The summed E-state index contributed by atoms with van der Waals surface area (Å²) < 4.78 is 7.40. The molecule has 0 atom stereocenters. The normalized spacial score (nSPS) is 21.9. The predicted molar refractivity (Wildman–Crippen MR) is 154 cm³/mol. The highest BCUT2D eigenvalue weighted by Gasteiger charge is 2.29. The van der Waals surface area contributed by atoms with Crippen LogP contribution < -0.4 is 10.1 Å². The van der Waals surface area contributed by atoms with Crippen LogP contribution in [0, 0.1) is 0 Å². The number of ether oxygens (including phenoxy) is 1. The third kappa shape index (κ3) is 4.84. The van der Waals surface area contributed by atoms with Gasteiger partial charge in [-0.2, -0.15) is 5.10 Å². The lowest BCUT2D eigenvalue weighted by Crippen LogP contribution is -2.48. The van der Waals surface area contributed by atoms with E-state index >= 15 is 0 Å². The fourth-order valence-electron chi connectivity index (χ4n) is 6.47. The number of nitrogens with zero attached hydrogens (tertiary/aromatic N) is 5. The molecule has 1 saturated carbocycles. The van der Waals surface area contributed by atoms with E-state index in [9.17, 15) is 0 Å². The number of fused-ring (bicyclic) bond motifs is 2. The molecule has 1 aliphatic heterocycles.